The van der Waals surface area contributed by atoms with Crippen LogP contribution in [0.15, 0.2) is 30.3 Å². The summed E-state index contributed by atoms with van der Waals surface area (Å²) < 4.78 is 8.17. The normalized spacial score (nSPS) is 22.8. The van der Waals surface area contributed by atoms with Gasteiger partial charge in [-0.25, -0.2) is 0 Å². The zero-order valence-corrected chi connectivity index (χ0v) is 15.5. The fourth-order valence-electron chi connectivity index (χ4n) is 4.53. The number of aliphatic hydroxyl groups excluding tert-OH is 1. The molecule has 0 aliphatic carbocycles. The van der Waals surface area contributed by atoms with E-state index < -0.39 is 5.60 Å². The molecule has 1 aromatic heterocycles. The van der Waals surface area contributed by atoms with Gasteiger partial charge in [0.05, 0.1) is 11.7 Å². The standard InChI is InChI=1S/C21H28N2O3/c1-16-15-17-5-2-3-6-18(17)23(16)11-8-20(25)22-12-9-21(10-13-22)19(24)7-4-14-26-21/h2-3,5-6,15,19,24H,4,7-14H2,1H3/t19-/m0/s1. The van der Waals surface area contributed by atoms with Gasteiger partial charge < -0.3 is 19.3 Å². The topological polar surface area (TPSA) is 54.7 Å². The summed E-state index contributed by atoms with van der Waals surface area (Å²) in [6.07, 6.45) is 3.35. The highest BCUT2D eigenvalue weighted by molar-refractivity contribution is 5.81. The largest absolute Gasteiger partial charge is 0.390 e. The second-order valence-electron chi connectivity index (χ2n) is 7.70. The van der Waals surface area contributed by atoms with Crippen LogP contribution in [0, 0.1) is 6.92 Å². The monoisotopic (exact) mass is 356 g/mol. The first-order valence-corrected chi connectivity index (χ1v) is 9.74. The van der Waals surface area contributed by atoms with Gasteiger partial charge in [-0.15, -0.1) is 0 Å². The number of benzene rings is 1. The van der Waals surface area contributed by atoms with Crippen molar-refractivity contribution in [2.45, 2.75) is 57.3 Å². The molecule has 0 radical (unpaired) electrons. The highest BCUT2D eigenvalue weighted by Gasteiger charge is 2.44. The number of rotatable bonds is 3. The highest BCUT2D eigenvalue weighted by Crippen LogP contribution is 2.35. The Morgan fingerprint density at radius 3 is 2.85 bits per heavy atom. The maximum atomic E-state index is 12.7. The summed E-state index contributed by atoms with van der Waals surface area (Å²) in [5, 5.41) is 11.6. The molecule has 140 valence electrons. The third kappa shape index (κ3) is 3.14. The molecule has 5 heteroatoms. The predicted octanol–water partition coefficient (Wildman–Crippen LogP) is 2.87. The van der Waals surface area contributed by atoms with E-state index >= 15 is 0 Å². The van der Waals surface area contributed by atoms with Crippen LogP contribution in [0.2, 0.25) is 0 Å². The van der Waals surface area contributed by atoms with Crippen molar-refractivity contribution in [3.05, 3.63) is 36.0 Å². The molecule has 0 bridgehead atoms. The van der Waals surface area contributed by atoms with E-state index in [2.05, 4.69) is 29.7 Å². The van der Waals surface area contributed by atoms with E-state index in [1.165, 1.54) is 16.6 Å². The fraction of sp³-hybridized carbons (Fsp3) is 0.571. The van der Waals surface area contributed by atoms with Gasteiger partial charge in [-0.2, -0.15) is 0 Å². The summed E-state index contributed by atoms with van der Waals surface area (Å²) in [7, 11) is 0. The quantitative estimate of drug-likeness (QED) is 0.920. The van der Waals surface area contributed by atoms with Crippen LogP contribution in [0.4, 0.5) is 0 Å². The number of ether oxygens (including phenoxy) is 1. The molecule has 2 saturated heterocycles. The van der Waals surface area contributed by atoms with Gasteiger partial charge in [-0.1, -0.05) is 18.2 Å². The van der Waals surface area contributed by atoms with Gasteiger partial charge in [-0.3, -0.25) is 4.79 Å². The number of aliphatic hydroxyl groups is 1. The average molecular weight is 356 g/mol. The molecule has 5 nitrogen and oxygen atoms in total. The van der Waals surface area contributed by atoms with Crippen molar-refractivity contribution in [3.8, 4) is 0 Å². The number of likely N-dealkylation sites (tertiary alicyclic amines) is 1. The van der Waals surface area contributed by atoms with Crippen molar-refractivity contribution < 1.29 is 14.6 Å². The van der Waals surface area contributed by atoms with Crippen molar-refractivity contribution >= 4 is 16.8 Å². The minimum atomic E-state index is -0.414. The number of amides is 1. The van der Waals surface area contributed by atoms with Crippen LogP contribution in [-0.2, 0) is 16.1 Å². The third-order valence-corrected chi connectivity index (χ3v) is 6.15. The van der Waals surface area contributed by atoms with Crippen molar-refractivity contribution in [1.29, 1.82) is 0 Å². The molecule has 1 N–H and O–H groups in total. The van der Waals surface area contributed by atoms with Crippen LogP contribution < -0.4 is 0 Å². The van der Waals surface area contributed by atoms with E-state index in [0.29, 0.717) is 26.1 Å². The lowest BCUT2D eigenvalue weighted by molar-refractivity contribution is -0.179. The number of piperidine rings is 1. The summed E-state index contributed by atoms with van der Waals surface area (Å²) >= 11 is 0. The Morgan fingerprint density at radius 2 is 2.08 bits per heavy atom. The van der Waals surface area contributed by atoms with E-state index in [1.807, 2.05) is 17.0 Å². The number of aromatic nitrogens is 1. The molecule has 2 aliphatic heterocycles. The first-order chi connectivity index (χ1) is 12.6. The molecular weight excluding hydrogens is 328 g/mol. The zero-order chi connectivity index (χ0) is 18.1. The van der Waals surface area contributed by atoms with Crippen LogP contribution in [0.25, 0.3) is 10.9 Å². The Kier molecular flexibility index (Phi) is 4.76. The predicted molar refractivity (Wildman–Crippen MR) is 101 cm³/mol. The summed E-state index contributed by atoms with van der Waals surface area (Å²) in [5.74, 6) is 0.197. The molecule has 4 rings (SSSR count). The molecule has 0 unspecified atom stereocenters. The van der Waals surface area contributed by atoms with E-state index in [0.717, 1.165) is 32.3 Å². The highest BCUT2D eigenvalue weighted by atomic mass is 16.5. The van der Waals surface area contributed by atoms with E-state index in [1.54, 1.807) is 0 Å². The summed E-state index contributed by atoms with van der Waals surface area (Å²) in [6.45, 7) is 4.89. The number of hydrogen-bond acceptors (Lipinski definition) is 3. The van der Waals surface area contributed by atoms with Gasteiger partial charge in [0.25, 0.3) is 0 Å². The number of nitrogens with zero attached hydrogens (tertiary/aromatic N) is 2. The Bertz CT molecular complexity index is 790. The van der Waals surface area contributed by atoms with E-state index in [4.69, 9.17) is 4.74 Å². The van der Waals surface area contributed by atoms with Gasteiger partial charge in [0, 0.05) is 43.9 Å². The zero-order valence-electron chi connectivity index (χ0n) is 15.5. The number of carbonyl (C=O) groups excluding carboxylic acids is 1. The summed E-state index contributed by atoms with van der Waals surface area (Å²) in [4.78, 5) is 14.6. The molecule has 1 amide bonds. The molecule has 1 aromatic carbocycles. The SMILES string of the molecule is Cc1cc2ccccc2n1CCC(=O)N1CCC2(CC1)OCCC[C@@H]2O. The molecule has 1 atom stereocenters. The van der Waals surface area contributed by atoms with E-state index in [-0.39, 0.29) is 12.0 Å². The number of hydrogen-bond donors (Lipinski definition) is 1. The number of para-hydroxylation sites is 1. The lowest BCUT2D eigenvalue weighted by atomic mass is 9.82. The Balaban J connectivity index is 1.36. The lowest BCUT2D eigenvalue weighted by Crippen LogP contribution is -2.56. The van der Waals surface area contributed by atoms with Gasteiger partial charge in [0.1, 0.15) is 0 Å². The molecule has 2 fully saturated rings. The van der Waals surface area contributed by atoms with Gasteiger partial charge in [-0.05, 0) is 50.1 Å². The first kappa shape index (κ1) is 17.6. The van der Waals surface area contributed by atoms with Crippen molar-refractivity contribution in [2.75, 3.05) is 19.7 Å². The molecule has 2 aliphatic rings. The number of aryl methyl sites for hydroxylation is 2. The lowest BCUT2D eigenvalue weighted by Gasteiger charge is -2.46. The van der Waals surface area contributed by atoms with Gasteiger partial charge >= 0.3 is 0 Å². The Labute approximate surface area is 154 Å². The summed E-state index contributed by atoms with van der Waals surface area (Å²) in [5.41, 5.74) is 1.96. The second kappa shape index (κ2) is 7.05. The van der Waals surface area contributed by atoms with Crippen molar-refractivity contribution in [3.63, 3.8) is 0 Å². The third-order valence-electron chi connectivity index (χ3n) is 6.15. The van der Waals surface area contributed by atoms with Gasteiger partial charge in [0.2, 0.25) is 5.91 Å². The maximum Gasteiger partial charge on any atom is 0.224 e. The molecule has 2 aromatic rings. The number of carbonyl (C=O) groups is 1. The molecule has 0 saturated carbocycles. The van der Waals surface area contributed by atoms with Crippen LogP contribution in [-0.4, -0.2) is 51.9 Å². The molecule has 3 heterocycles. The maximum absolute atomic E-state index is 12.7. The average Bonchev–Trinajstić information content (AvgIpc) is 2.98. The minimum absolute atomic E-state index is 0.197. The molecule has 1 spiro atoms. The molecular formula is C21H28N2O3. The second-order valence-corrected chi connectivity index (χ2v) is 7.70. The van der Waals surface area contributed by atoms with Gasteiger partial charge in [0.15, 0.2) is 0 Å². The molecule has 26 heavy (non-hydrogen) atoms. The van der Waals surface area contributed by atoms with Crippen molar-refractivity contribution in [1.82, 2.24) is 9.47 Å². The van der Waals surface area contributed by atoms with Crippen LogP contribution in [0.5, 0.6) is 0 Å². The number of fused-ring (bicyclic) bond motifs is 1. The van der Waals surface area contributed by atoms with Crippen LogP contribution >= 0.6 is 0 Å². The van der Waals surface area contributed by atoms with Crippen LogP contribution in [0.1, 0.15) is 37.8 Å². The Hall–Kier alpha value is -1.85. The minimum Gasteiger partial charge on any atom is -0.390 e. The van der Waals surface area contributed by atoms with Crippen LogP contribution in [0.3, 0.4) is 0 Å². The summed E-state index contributed by atoms with van der Waals surface area (Å²) in [6, 6.07) is 10.5. The smallest absolute Gasteiger partial charge is 0.224 e. The first-order valence-electron chi connectivity index (χ1n) is 9.74. The fourth-order valence-corrected chi connectivity index (χ4v) is 4.53. The van der Waals surface area contributed by atoms with E-state index in [9.17, 15) is 9.90 Å². The Morgan fingerprint density at radius 1 is 1.31 bits per heavy atom. The van der Waals surface area contributed by atoms with Crippen molar-refractivity contribution in [2.24, 2.45) is 0 Å².